The van der Waals surface area contributed by atoms with Gasteiger partial charge in [0, 0.05) is 24.8 Å². The van der Waals surface area contributed by atoms with Gasteiger partial charge in [-0.05, 0) is 69.5 Å². The summed E-state index contributed by atoms with van der Waals surface area (Å²) >= 11 is 0. The van der Waals surface area contributed by atoms with Crippen molar-refractivity contribution in [1.29, 1.82) is 0 Å². The van der Waals surface area contributed by atoms with Gasteiger partial charge in [-0.1, -0.05) is 6.07 Å². The molecule has 34 heavy (non-hydrogen) atoms. The molecular weight excluding hydrogens is 432 g/mol. The first-order valence-electron chi connectivity index (χ1n) is 12.3. The second kappa shape index (κ2) is 10.3. The number of fused-ring (bicyclic) bond motifs is 2. The van der Waals surface area contributed by atoms with E-state index >= 15 is 0 Å². The van der Waals surface area contributed by atoms with Crippen molar-refractivity contribution < 1.29 is 9.90 Å². The van der Waals surface area contributed by atoms with Crippen LogP contribution in [-0.2, 0) is 17.6 Å². The molecule has 4 N–H and O–H groups in total. The number of unbranched alkanes of at least 4 members (excludes halogenated alkanes) is 1. The number of aromatic amines is 1. The molecule has 0 saturated heterocycles. The van der Waals surface area contributed by atoms with E-state index in [1.807, 2.05) is 0 Å². The van der Waals surface area contributed by atoms with Gasteiger partial charge in [0.05, 0.1) is 6.20 Å². The quantitative estimate of drug-likeness (QED) is 0.299. The highest BCUT2D eigenvalue weighted by Gasteiger charge is 2.30. The first-order chi connectivity index (χ1) is 16.7. The van der Waals surface area contributed by atoms with E-state index in [0.717, 1.165) is 56.8 Å². The third kappa shape index (κ3) is 5.44. The molecule has 0 bridgehead atoms. The van der Waals surface area contributed by atoms with Crippen LogP contribution in [-0.4, -0.2) is 72.8 Å². The summed E-state index contributed by atoms with van der Waals surface area (Å²) in [7, 11) is 0. The van der Waals surface area contributed by atoms with Gasteiger partial charge in [0.25, 0.3) is 0 Å². The minimum Gasteiger partial charge on any atom is -0.480 e. The van der Waals surface area contributed by atoms with E-state index in [9.17, 15) is 9.90 Å². The molecule has 5 rings (SSSR count). The predicted molar refractivity (Wildman–Crippen MR) is 130 cm³/mol. The Balaban J connectivity index is 1.11. The molecular formula is C24H32N8O2. The smallest absolute Gasteiger partial charge is 0.326 e. The molecule has 1 aliphatic carbocycles. The van der Waals surface area contributed by atoms with Crippen molar-refractivity contribution in [3.8, 4) is 0 Å². The molecule has 10 nitrogen and oxygen atoms in total. The Hall–Kier alpha value is -3.27. The molecule has 1 saturated carbocycles. The maximum atomic E-state index is 11.9. The molecule has 1 aliphatic heterocycles. The van der Waals surface area contributed by atoms with Gasteiger partial charge in [0.2, 0.25) is 0 Å². The number of pyridine rings is 1. The fourth-order valence-electron chi connectivity index (χ4n) is 4.64. The monoisotopic (exact) mass is 464 g/mol. The van der Waals surface area contributed by atoms with E-state index in [4.69, 9.17) is 4.98 Å². The molecule has 180 valence electrons. The highest BCUT2D eigenvalue weighted by atomic mass is 16.4. The van der Waals surface area contributed by atoms with E-state index in [1.54, 1.807) is 6.20 Å². The van der Waals surface area contributed by atoms with Crippen LogP contribution in [0.25, 0.3) is 11.0 Å². The first kappa shape index (κ1) is 22.5. The molecule has 4 heterocycles. The van der Waals surface area contributed by atoms with Crippen LogP contribution in [0.15, 0.2) is 24.7 Å². The number of hydrogen-bond donors (Lipinski definition) is 4. The van der Waals surface area contributed by atoms with E-state index in [2.05, 4.69) is 47.8 Å². The van der Waals surface area contributed by atoms with Crippen LogP contribution in [0.2, 0.25) is 0 Å². The number of aliphatic carboxylic acids is 1. The summed E-state index contributed by atoms with van der Waals surface area (Å²) in [5.41, 5.74) is 3.76. The second-order valence-corrected chi connectivity index (χ2v) is 9.24. The number of nitrogens with zero attached hydrogens (tertiary/aromatic N) is 5. The summed E-state index contributed by atoms with van der Waals surface area (Å²) in [6, 6.07) is 4.24. The molecule has 0 spiro atoms. The number of nitrogens with one attached hydrogen (secondary N) is 3. The van der Waals surface area contributed by atoms with Gasteiger partial charge in [-0.15, -0.1) is 0 Å². The van der Waals surface area contributed by atoms with E-state index in [0.29, 0.717) is 29.3 Å². The fourth-order valence-corrected chi connectivity index (χ4v) is 4.64. The van der Waals surface area contributed by atoms with Crippen molar-refractivity contribution >= 4 is 28.6 Å². The summed E-state index contributed by atoms with van der Waals surface area (Å²) in [5, 5.41) is 23.1. The number of H-pyrrole nitrogens is 1. The van der Waals surface area contributed by atoms with Crippen molar-refractivity contribution in [3.63, 3.8) is 0 Å². The number of hydrogen-bond acceptors (Lipinski definition) is 8. The van der Waals surface area contributed by atoms with Gasteiger partial charge in [0.15, 0.2) is 5.82 Å². The Morgan fingerprint density at radius 1 is 1.24 bits per heavy atom. The van der Waals surface area contributed by atoms with Crippen molar-refractivity contribution in [2.24, 2.45) is 0 Å². The van der Waals surface area contributed by atoms with Crippen LogP contribution in [0.3, 0.4) is 0 Å². The van der Waals surface area contributed by atoms with Crippen molar-refractivity contribution in [2.45, 2.75) is 63.5 Å². The maximum absolute atomic E-state index is 11.9. The Morgan fingerprint density at radius 2 is 2.15 bits per heavy atom. The van der Waals surface area contributed by atoms with Crippen LogP contribution in [0.4, 0.5) is 11.6 Å². The highest BCUT2D eigenvalue weighted by Crippen LogP contribution is 2.28. The number of aryl methyl sites for hydroxylation is 2. The SMILES string of the molecule is O=C(O)[C@H](CCN(CCCCc1ccc2c(n1)NCCC2)C1CC1)Nc1ncnc2cn[nH]c12. The Kier molecular flexibility index (Phi) is 6.84. The first-order valence-corrected chi connectivity index (χ1v) is 12.3. The summed E-state index contributed by atoms with van der Waals surface area (Å²) in [5.74, 6) is 0.653. The standard InChI is InChI=1S/C24H32N8O2/c33-24(34)19(30-23-21-20(14-28-31-21)26-15-27-23)10-13-32(18-8-9-18)12-2-1-5-17-7-6-16-4-3-11-25-22(16)29-17/h6-7,14-15,18-19H,1-5,8-13H2,(H,25,29)(H,28,31)(H,33,34)(H,26,27,30)/t19-/m0/s1. The zero-order valence-electron chi connectivity index (χ0n) is 19.3. The summed E-state index contributed by atoms with van der Waals surface area (Å²) in [6.07, 6.45) is 11.3. The number of rotatable bonds is 12. The number of carbonyl (C=O) groups is 1. The number of carboxylic acid groups (broad SMARTS) is 1. The molecule has 1 fully saturated rings. The molecule has 2 aliphatic rings. The van der Waals surface area contributed by atoms with Gasteiger partial charge in [-0.2, -0.15) is 5.10 Å². The molecule has 10 heteroatoms. The van der Waals surface area contributed by atoms with Crippen LogP contribution >= 0.6 is 0 Å². The molecule has 0 aromatic carbocycles. The van der Waals surface area contributed by atoms with Crippen LogP contribution in [0.1, 0.15) is 49.8 Å². The molecule has 0 unspecified atom stereocenters. The van der Waals surface area contributed by atoms with Crippen molar-refractivity contribution in [1.82, 2.24) is 30.0 Å². The minimum absolute atomic E-state index is 0.472. The van der Waals surface area contributed by atoms with Crippen LogP contribution < -0.4 is 10.6 Å². The predicted octanol–water partition coefficient (Wildman–Crippen LogP) is 2.85. The second-order valence-electron chi connectivity index (χ2n) is 9.24. The van der Waals surface area contributed by atoms with E-state index in [1.165, 1.54) is 31.2 Å². The Morgan fingerprint density at radius 3 is 3.00 bits per heavy atom. The minimum atomic E-state index is -0.880. The maximum Gasteiger partial charge on any atom is 0.326 e. The van der Waals surface area contributed by atoms with Gasteiger partial charge in [0.1, 0.15) is 29.2 Å². The Labute approximate surface area is 198 Å². The lowest BCUT2D eigenvalue weighted by Gasteiger charge is -2.24. The van der Waals surface area contributed by atoms with Crippen LogP contribution in [0, 0.1) is 0 Å². The Bertz CT molecular complexity index is 1130. The van der Waals surface area contributed by atoms with Crippen LogP contribution in [0.5, 0.6) is 0 Å². The lowest BCUT2D eigenvalue weighted by Crippen LogP contribution is -2.36. The number of carboxylic acids is 1. The van der Waals surface area contributed by atoms with Gasteiger partial charge >= 0.3 is 5.97 Å². The van der Waals surface area contributed by atoms with Gasteiger partial charge < -0.3 is 20.6 Å². The third-order valence-electron chi connectivity index (χ3n) is 6.70. The van der Waals surface area contributed by atoms with E-state index < -0.39 is 12.0 Å². The van der Waals surface area contributed by atoms with Gasteiger partial charge in [-0.25, -0.2) is 19.7 Å². The summed E-state index contributed by atoms with van der Waals surface area (Å²) in [4.78, 5) is 27.5. The zero-order valence-corrected chi connectivity index (χ0v) is 19.3. The molecule has 3 aromatic rings. The summed E-state index contributed by atoms with van der Waals surface area (Å²) < 4.78 is 0. The van der Waals surface area contributed by atoms with E-state index in [-0.39, 0.29) is 0 Å². The number of aromatic nitrogens is 5. The third-order valence-corrected chi connectivity index (χ3v) is 6.70. The molecule has 0 amide bonds. The highest BCUT2D eigenvalue weighted by molar-refractivity contribution is 5.87. The van der Waals surface area contributed by atoms with Gasteiger partial charge in [-0.3, -0.25) is 5.10 Å². The normalized spacial score (nSPS) is 16.3. The number of anilines is 2. The average molecular weight is 465 g/mol. The zero-order chi connectivity index (χ0) is 23.3. The lowest BCUT2D eigenvalue weighted by molar-refractivity contribution is -0.138. The topological polar surface area (TPSA) is 132 Å². The summed E-state index contributed by atoms with van der Waals surface area (Å²) in [6.45, 7) is 2.74. The largest absolute Gasteiger partial charge is 0.480 e. The van der Waals surface area contributed by atoms with Crippen molar-refractivity contribution in [2.75, 3.05) is 30.3 Å². The fraction of sp³-hybridized carbons (Fsp3) is 0.542. The molecule has 1 atom stereocenters. The lowest BCUT2D eigenvalue weighted by atomic mass is 10.1. The molecule has 3 aromatic heterocycles. The molecule has 0 radical (unpaired) electrons. The average Bonchev–Trinajstić information content (AvgIpc) is 3.58. The van der Waals surface area contributed by atoms with Crippen molar-refractivity contribution in [3.05, 3.63) is 35.9 Å².